The highest BCUT2D eigenvalue weighted by atomic mass is 79.9. The summed E-state index contributed by atoms with van der Waals surface area (Å²) in [6.07, 6.45) is 5.03. The number of halogens is 1. The van der Waals surface area contributed by atoms with Gasteiger partial charge in [-0.15, -0.1) is 18.2 Å². The van der Waals surface area contributed by atoms with Gasteiger partial charge in [-0.2, -0.15) is 0 Å². The normalized spacial score (nSPS) is 9.50. The molecule has 0 aliphatic carbocycles. The maximum Gasteiger partial charge on any atom is 0.231 e. The zero-order valence-corrected chi connectivity index (χ0v) is 10.9. The molecule has 0 aliphatic rings. The first-order valence-corrected chi connectivity index (χ1v) is 6.29. The molecular weight excluding hydrogens is 288 g/mol. The minimum atomic E-state index is -0.0951. The number of terminal acetylenes is 1. The zero-order chi connectivity index (χ0) is 12.0. The molecule has 84 valence electrons. The standard InChI is InChI=1S/C11H11BrN2OS/c1-2-5-14-11(15)7-16-10-6-8(12)3-4-9(10)13/h1,3-4,6H,5,7,13H2,(H,14,15). The van der Waals surface area contributed by atoms with Gasteiger partial charge < -0.3 is 11.1 Å². The van der Waals surface area contributed by atoms with Gasteiger partial charge in [0.1, 0.15) is 0 Å². The van der Waals surface area contributed by atoms with Gasteiger partial charge in [-0.3, -0.25) is 4.79 Å². The van der Waals surface area contributed by atoms with Crippen molar-refractivity contribution in [1.29, 1.82) is 0 Å². The molecule has 0 saturated carbocycles. The molecule has 0 heterocycles. The fourth-order valence-electron chi connectivity index (χ4n) is 0.977. The molecule has 0 spiro atoms. The summed E-state index contributed by atoms with van der Waals surface area (Å²) >= 11 is 4.73. The molecule has 1 amide bonds. The molecule has 0 aliphatic heterocycles. The van der Waals surface area contributed by atoms with Gasteiger partial charge in [-0.1, -0.05) is 21.9 Å². The lowest BCUT2D eigenvalue weighted by atomic mass is 10.3. The Labute approximate surface area is 107 Å². The topological polar surface area (TPSA) is 55.1 Å². The van der Waals surface area contributed by atoms with Crippen molar-refractivity contribution in [2.45, 2.75) is 4.90 Å². The molecule has 0 atom stereocenters. The number of benzene rings is 1. The highest BCUT2D eigenvalue weighted by Gasteiger charge is 2.05. The van der Waals surface area contributed by atoms with Crippen LogP contribution in [0.2, 0.25) is 0 Å². The molecule has 0 aromatic heterocycles. The Morgan fingerprint density at radius 2 is 2.38 bits per heavy atom. The number of nitrogens with one attached hydrogen (secondary N) is 1. The van der Waals surface area contributed by atoms with E-state index >= 15 is 0 Å². The second-order valence-electron chi connectivity index (χ2n) is 2.95. The number of amides is 1. The predicted molar refractivity (Wildman–Crippen MR) is 71.1 cm³/mol. The third kappa shape index (κ3) is 4.17. The van der Waals surface area contributed by atoms with E-state index in [9.17, 15) is 4.79 Å². The van der Waals surface area contributed by atoms with Gasteiger partial charge in [0.05, 0.1) is 12.3 Å². The molecule has 3 nitrogen and oxygen atoms in total. The first-order chi connectivity index (χ1) is 7.63. The minimum Gasteiger partial charge on any atom is -0.398 e. The van der Waals surface area contributed by atoms with E-state index < -0.39 is 0 Å². The van der Waals surface area contributed by atoms with Crippen LogP contribution in [0, 0.1) is 12.3 Å². The molecular formula is C11H11BrN2OS. The molecule has 0 unspecified atom stereocenters. The Bertz CT molecular complexity index is 428. The van der Waals surface area contributed by atoms with Gasteiger partial charge in [0.25, 0.3) is 0 Å². The smallest absolute Gasteiger partial charge is 0.231 e. The van der Waals surface area contributed by atoms with Gasteiger partial charge in [0.2, 0.25) is 5.91 Å². The highest BCUT2D eigenvalue weighted by molar-refractivity contribution is 9.10. The van der Waals surface area contributed by atoms with E-state index in [1.807, 2.05) is 12.1 Å². The first-order valence-electron chi connectivity index (χ1n) is 4.51. The minimum absolute atomic E-state index is 0.0951. The van der Waals surface area contributed by atoms with Crippen LogP contribution in [0.3, 0.4) is 0 Å². The van der Waals surface area contributed by atoms with Crippen molar-refractivity contribution in [3.8, 4) is 12.3 Å². The Hall–Kier alpha value is -1.12. The lowest BCUT2D eigenvalue weighted by molar-refractivity contribution is -0.118. The van der Waals surface area contributed by atoms with Crippen molar-refractivity contribution < 1.29 is 4.79 Å². The van der Waals surface area contributed by atoms with Crippen molar-refractivity contribution in [2.24, 2.45) is 0 Å². The summed E-state index contributed by atoms with van der Waals surface area (Å²) in [6.45, 7) is 0.257. The molecule has 0 bridgehead atoms. The average molecular weight is 299 g/mol. The van der Waals surface area contributed by atoms with Gasteiger partial charge in [-0.25, -0.2) is 0 Å². The third-order valence-electron chi connectivity index (χ3n) is 1.72. The predicted octanol–water partition coefficient (Wildman–Crippen LogP) is 1.87. The van der Waals surface area contributed by atoms with E-state index in [-0.39, 0.29) is 12.5 Å². The van der Waals surface area contributed by atoms with E-state index in [4.69, 9.17) is 12.2 Å². The molecule has 1 aromatic rings. The molecule has 16 heavy (non-hydrogen) atoms. The Balaban J connectivity index is 2.51. The Morgan fingerprint density at radius 3 is 3.06 bits per heavy atom. The summed E-state index contributed by atoms with van der Waals surface area (Å²) in [7, 11) is 0. The van der Waals surface area contributed by atoms with Gasteiger partial charge in [-0.05, 0) is 18.2 Å². The number of rotatable bonds is 4. The zero-order valence-electron chi connectivity index (χ0n) is 8.50. The van der Waals surface area contributed by atoms with Crippen molar-refractivity contribution in [3.63, 3.8) is 0 Å². The summed E-state index contributed by atoms with van der Waals surface area (Å²) in [4.78, 5) is 12.2. The van der Waals surface area contributed by atoms with Crippen molar-refractivity contribution in [3.05, 3.63) is 22.7 Å². The lowest BCUT2D eigenvalue weighted by Crippen LogP contribution is -2.25. The van der Waals surface area contributed by atoms with Crippen molar-refractivity contribution in [2.75, 3.05) is 18.0 Å². The van der Waals surface area contributed by atoms with Crippen molar-refractivity contribution >= 4 is 39.3 Å². The highest BCUT2D eigenvalue weighted by Crippen LogP contribution is 2.27. The van der Waals surface area contributed by atoms with E-state index in [0.29, 0.717) is 11.4 Å². The molecule has 1 aromatic carbocycles. The number of thioether (sulfide) groups is 1. The van der Waals surface area contributed by atoms with Gasteiger partial charge in [0.15, 0.2) is 0 Å². The van der Waals surface area contributed by atoms with Crippen molar-refractivity contribution in [1.82, 2.24) is 5.32 Å². The molecule has 0 saturated heterocycles. The second-order valence-corrected chi connectivity index (χ2v) is 4.88. The van der Waals surface area contributed by atoms with Crippen LogP contribution in [0.4, 0.5) is 5.69 Å². The molecule has 1 rings (SSSR count). The lowest BCUT2D eigenvalue weighted by Gasteiger charge is -2.05. The SMILES string of the molecule is C#CCNC(=O)CSc1cc(Br)ccc1N. The van der Waals surface area contributed by atoms with Crippen LogP contribution < -0.4 is 11.1 Å². The van der Waals surface area contributed by atoms with E-state index in [1.165, 1.54) is 11.8 Å². The number of carbonyl (C=O) groups excluding carboxylic acids is 1. The van der Waals surface area contributed by atoms with Crippen LogP contribution in [0.15, 0.2) is 27.6 Å². The monoisotopic (exact) mass is 298 g/mol. The largest absolute Gasteiger partial charge is 0.398 e. The molecule has 0 fully saturated rings. The first kappa shape index (κ1) is 12.9. The van der Waals surface area contributed by atoms with Gasteiger partial charge in [0, 0.05) is 15.1 Å². The molecule has 5 heteroatoms. The van der Waals surface area contributed by atoms with Crippen LogP contribution in [0.25, 0.3) is 0 Å². The summed E-state index contributed by atoms with van der Waals surface area (Å²) in [5.41, 5.74) is 6.43. The van der Waals surface area contributed by atoms with Crippen LogP contribution in [0.1, 0.15) is 0 Å². The maximum absolute atomic E-state index is 11.3. The van der Waals surface area contributed by atoms with Crippen LogP contribution in [0.5, 0.6) is 0 Å². The number of nitrogens with two attached hydrogens (primary N) is 1. The Kier molecular flexibility index (Phi) is 5.23. The summed E-state index contributed by atoms with van der Waals surface area (Å²) < 4.78 is 0.938. The fraction of sp³-hybridized carbons (Fsp3) is 0.182. The summed E-state index contributed by atoms with van der Waals surface area (Å²) in [6, 6.07) is 5.54. The van der Waals surface area contributed by atoms with Gasteiger partial charge >= 0.3 is 0 Å². The quantitative estimate of drug-likeness (QED) is 0.507. The van der Waals surface area contributed by atoms with E-state index in [0.717, 1.165) is 9.37 Å². The third-order valence-corrected chi connectivity index (χ3v) is 3.29. The summed E-state index contributed by atoms with van der Waals surface area (Å²) in [5, 5.41) is 2.59. The molecule has 0 radical (unpaired) electrons. The number of anilines is 1. The number of nitrogen functional groups attached to an aromatic ring is 1. The van der Waals surface area contributed by atoms with E-state index in [2.05, 4.69) is 27.2 Å². The number of hydrogen-bond acceptors (Lipinski definition) is 3. The number of carbonyl (C=O) groups is 1. The average Bonchev–Trinajstić information content (AvgIpc) is 2.27. The fourth-order valence-corrected chi connectivity index (χ4v) is 2.32. The summed E-state index contributed by atoms with van der Waals surface area (Å²) in [5.74, 6) is 2.56. The van der Waals surface area contributed by atoms with Crippen LogP contribution in [-0.2, 0) is 4.79 Å². The molecule has 3 N–H and O–H groups in total. The maximum atomic E-state index is 11.3. The Morgan fingerprint density at radius 1 is 1.62 bits per heavy atom. The van der Waals surface area contributed by atoms with Crippen LogP contribution in [-0.4, -0.2) is 18.2 Å². The van der Waals surface area contributed by atoms with E-state index in [1.54, 1.807) is 6.07 Å². The van der Waals surface area contributed by atoms with Crippen LogP contribution >= 0.6 is 27.7 Å². The second kappa shape index (κ2) is 6.46. The number of hydrogen-bond donors (Lipinski definition) is 2.